The summed E-state index contributed by atoms with van der Waals surface area (Å²) in [7, 11) is 1.40. The molecule has 96 valence electrons. The zero-order chi connectivity index (χ0) is 12.9. The summed E-state index contributed by atoms with van der Waals surface area (Å²) in [6.07, 6.45) is 0.335. The molecule has 0 aromatic carbocycles. The van der Waals surface area contributed by atoms with Gasteiger partial charge in [0.25, 0.3) is 0 Å². The number of rotatable bonds is 5. The van der Waals surface area contributed by atoms with Crippen molar-refractivity contribution in [3.05, 3.63) is 21.9 Å². The first-order valence-corrected chi connectivity index (χ1v) is 6.27. The van der Waals surface area contributed by atoms with Gasteiger partial charge in [0.05, 0.1) is 25.7 Å². The Morgan fingerprint density at radius 1 is 1.35 bits per heavy atom. The zero-order valence-corrected chi connectivity index (χ0v) is 11.5. The van der Waals surface area contributed by atoms with Crippen LogP contribution in [0, 0.1) is 0 Å². The van der Waals surface area contributed by atoms with Crippen molar-refractivity contribution in [1.29, 1.82) is 0 Å². The van der Waals surface area contributed by atoms with E-state index in [1.807, 2.05) is 32.9 Å². The van der Waals surface area contributed by atoms with E-state index in [9.17, 15) is 4.79 Å². The predicted molar refractivity (Wildman–Crippen MR) is 67.7 cm³/mol. The molecule has 1 N–H and O–H groups in total. The molecule has 0 unspecified atom stereocenters. The Bertz CT molecular complexity index is 368. The van der Waals surface area contributed by atoms with Gasteiger partial charge in [0.2, 0.25) is 0 Å². The second-order valence-corrected chi connectivity index (χ2v) is 5.91. The van der Waals surface area contributed by atoms with Crippen LogP contribution in [-0.2, 0) is 27.3 Å². The number of methoxy groups -OCH3 is 1. The predicted octanol–water partition coefficient (Wildman–Crippen LogP) is 2.28. The molecule has 5 heteroatoms. The minimum absolute atomic E-state index is 0.202. The van der Waals surface area contributed by atoms with E-state index in [2.05, 4.69) is 10.2 Å². The number of thiophene rings is 1. The van der Waals surface area contributed by atoms with Crippen molar-refractivity contribution in [2.24, 2.45) is 0 Å². The molecule has 0 aliphatic rings. The Kier molecular flexibility index (Phi) is 5.11. The average molecular weight is 257 g/mol. The summed E-state index contributed by atoms with van der Waals surface area (Å²) < 4.78 is 4.62. The molecular weight excluding hydrogens is 238 g/mol. The third-order valence-electron chi connectivity index (χ3n) is 1.89. The van der Waals surface area contributed by atoms with E-state index < -0.39 is 0 Å². The van der Waals surface area contributed by atoms with Gasteiger partial charge in [-0.1, -0.05) is 0 Å². The van der Waals surface area contributed by atoms with E-state index in [0.717, 1.165) is 9.75 Å². The molecule has 0 saturated carbocycles. The largest absolute Gasteiger partial charge is 0.469 e. The van der Waals surface area contributed by atoms with Crippen LogP contribution < -0.4 is 5.48 Å². The highest BCUT2D eigenvalue weighted by atomic mass is 32.1. The molecule has 0 aliphatic carbocycles. The monoisotopic (exact) mass is 257 g/mol. The number of ether oxygens (including phenoxy) is 1. The highest BCUT2D eigenvalue weighted by Crippen LogP contribution is 2.17. The minimum atomic E-state index is -0.211. The molecule has 0 bridgehead atoms. The summed E-state index contributed by atoms with van der Waals surface area (Å²) in [5.41, 5.74) is 2.71. The van der Waals surface area contributed by atoms with E-state index in [1.54, 1.807) is 11.3 Å². The van der Waals surface area contributed by atoms with Gasteiger partial charge in [0.15, 0.2) is 0 Å². The van der Waals surface area contributed by atoms with Crippen molar-refractivity contribution in [1.82, 2.24) is 5.48 Å². The third kappa shape index (κ3) is 5.81. The topological polar surface area (TPSA) is 47.6 Å². The lowest BCUT2D eigenvalue weighted by molar-refractivity contribution is -0.139. The first kappa shape index (κ1) is 14.2. The fraction of sp³-hybridized carbons (Fsp3) is 0.583. The summed E-state index contributed by atoms with van der Waals surface area (Å²) in [5, 5.41) is 0. The molecule has 0 saturated heterocycles. The summed E-state index contributed by atoms with van der Waals surface area (Å²) in [5.74, 6) is -0.211. The zero-order valence-electron chi connectivity index (χ0n) is 10.7. The summed E-state index contributed by atoms with van der Waals surface area (Å²) in [6.45, 7) is 6.59. The van der Waals surface area contributed by atoms with Crippen LogP contribution >= 0.6 is 11.3 Å². The highest BCUT2D eigenvalue weighted by Gasteiger charge is 2.10. The van der Waals surface area contributed by atoms with Gasteiger partial charge in [-0.3, -0.25) is 9.63 Å². The number of nitrogens with one attached hydrogen (secondary N) is 1. The van der Waals surface area contributed by atoms with Gasteiger partial charge in [0, 0.05) is 9.75 Å². The molecule has 1 aromatic rings. The smallest absolute Gasteiger partial charge is 0.310 e. The van der Waals surface area contributed by atoms with Gasteiger partial charge >= 0.3 is 5.97 Å². The lowest BCUT2D eigenvalue weighted by atomic mass is 10.2. The Hall–Kier alpha value is -0.910. The van der Waals surface area contributed by atoms with E-state index in [0.29, 0.717) is 13.0 Å². The van der Waals surface area contributed by atoms with Crippen LogP contribution in [0.2, 0.25) is 0 Å². The van der Waals surface area contributed by atoms with Crippen LogP contribution in [0.1, 0.15) is 30.5 Å². The fourth-order valence-electron chi connectivity index (χ4n) is 1.15. The van der Waals surface area contributed by atoms with Crippen molar-refractivity contribution in [3.8, 4) is 0 Å². The summed E-state index contributed by atoms with van der Waals surface area (Å²) in [4.78, 5) is 18.6. The average Bonchev–Trinajstić information content (AvgIpc) is 2.63. The van der Waals surface area contributed by atoms with Gasteiger partial charge in [-0.25, -0.2) is 0 Å². The quantitative estimate of drug-likeness (QED) is 0.649. The number of esters is 1. The standard InChI is InChI=1S/C12H19NO3S/c1-12(2,3)16-13-8-10-6-5-9(17-10)7-11(14)15-4/h5-6,13H,7-8H2,1-4H3. The first-order valence-electron chi connectivity index (χ1n) is 5.46. The summed E-state index contributed by atoms with van der Waals surface area (Å²) in [6, 6.07) is 3.93. The number of hydrogen-bond donors (Lipinski definition) is 1. The Morgan fingerprint density at radius 3 is 2.59 bits per heavy atom. The maximum absolute atomic E-state index is 11.1. The van der Waals surface area contributed by atoms with Gasteiger partial charge in [-0.05, 0) is 32.9 Å². The Labute approximate surface area is 106 Å². The maximum atomic E-state index is 11.1. The SMILES string of the molecule is COC(=O)Cc1ccc(CNOC(C)(C)C)s1. The Morgan fingerprint density at radius 2 is 2.00 bits per heavy atom. The molecule has 1 rings (SSSR count). The van der Waals surface area contributed by atoms with E-state index in [4.69, 9.17) is 4.84 Å². The summed E-state index contributed by atoms with van der Waals surface area (Å²) >= 11 is 1.58. The second-order valence-electron chi connectivity index (χ2n) is 4.66. The molecule has 0 spiro atoms. The van der Waals surface area contributed by atoms with Crippen LogP contribution in [0.5, 0.6) is 0 Å². The third-order valence-corrected chi connectivity index (χ3v) is 2.97. The molecule has 0 amide bonds. The number of hydroxylamine groups is 1. The number of carbonyl (C=O) groups excluding carboxylic acids is 1. The van der Waals surface area contributed by atoms with Crippen LogP contribution in [0.4, 0.5) is 0 Å². The molecule has 0 radical (unpaired) electrons. The highest BCUT2D eigenvalue weighted by molar-refractivity contribution is 7.12. The van der Waals surface area contributed by atoms with Crippen LogP contribution in [0.25, 0.3) is 0 Å². The molecule has 0 fully saturated rings. The molecule has 1 heterocycles. The minimum Gasteiger partial charge on any atom is -0.469 e. The molecule has 4 nitrogen and oxygen atoms in total. The lowest BCUT2D eigenvalue weighted by Crippen LogP contribution is -2.28. The normalized spacial score (nSPS) is 11.5. The molecule has 0 aliphatic heterocycles. The van der Waals surface area contributed by atoms with Gasteiger partial charge < -0.3 is 4.74 Å². The fourth-order valence-corrected chi connectivity index (χ4v) is 2.08. The van der Waals surface area contributed by atoms with Crippen molar-refractivity contribution in [2.45, 2.75) is 39.3 Å². The Balaban J connectivity index is 2.38. The van der Waals surface area contributed by atoms with Crippen LogP contribution in [-0.4, -0.2) is 18.7 Å². The van der Waals surface area contributed by atoms with Crippen molar-refractivity contribution < 1.29 is 14.4 Å². The second kappa shape index (κ2) is 6.14. The number of carbonyl (C=O) groups is 1. The van der Waals surface area contributed by atoms with Crippen LogP contribution in [0.3, 0.4) is 0 Å². The first-order chi connectivity index (χ1) is 7.90. The van der Waals surface area contributed by atoms with Crippen LogP contribution in [0.15, 0.2) is 12.1 Å². The number of hydrogen-bond acceptors (Lipinski definition) is 5. The van der Waals surface area contributed by atoms with Gasteiger partial charge in [0.1, 0.15) is 0 Å². The molecule has 0 atom stereocenters. The van der Waals surface area contributed by atoms with Gasteiger partial charge in [-0.2, -0.15) is 5.48 Å². The molecule has 1 aromatic heterocycles. The van der Waals surface area contributed by atoms with E-state index >= 15 is 0 Å². The van der Waals surface area contributed by atoms with E-state index in [1.165, 1.54) is 7.11 Å². The van der Waals surface area contributed by atoms with Crippen molar-refractivity contribution >= 4 is 17.3 Å². The van der Waals surface area contributed by atoms with Crippen molar-refractivity contribution in [2.75, 3.05) is 7.11 Å². The molecular formula is C12H19NO3S. The van der Waals surface area contributed by atoms with Gasteiger partial charge in [-0.15, -0.1) is 11.3 Å². The van der Waals surface area contributed by atoms with E-state index in [-0.39, 0.29) is 11.6 Å². The lowest BCUT2D eigenvalue weighted by Gasteiger charge is -2.18. The maximum Gasteiger partial charge on any atom is 0.310 e. The van der Waals surface area contributed by atoms with Crippen molar-refractivity contribution in [3.63, 3.8) is 0 Å². The molecule has 17 heavy (non-hydrogen) atoms.